The van der Waals surface area contributed by atoms with Crippen molar-refractivity contribution in [1.29, 1.82) is 0 Å². The molecule has 1 atom stereocenters. The Bertz CT molecular complexity index is 370. The van der Waals surface area contributed by atoms with Crippen LogP contribution in [0.15, 0.2) is 0 Å². The summed E-state index contributed by atoms with van der Waals surface area (Å²) < 4.78 is 10.1. The third kappa shape index (κ3) is 3.54. The Morgan fingerprint density at radius 1 is 1.50 bits per heavy atom. The molecule has 0 amide bonds. The van der Waals surface area contributed by atoms with Gasteiger partial charge in [0.1, 0.15) is 6.04 Å². The first-order valence-corrected chi connectivity index (χ1v) is 6.02. The zero-order chi connectivity index (χ0) is 13.5. The van der Waals surface area contributed by atoms with Crippen LogP contribution >= 0.6 is 0 Å². The molecule has 1 aromatic heterocycles. The number of rotatable bonds is 7. The number of aryl methyl sites for hydroxylation is 2. The van der Waals surface area contributed by atoms with Crippen molar-refractivity contribution in [1.82, 2.24) is 15.5 Å². The highest BCUT2D eigenvalue weighted by atomic mass is 16.5. The van der Waals surface area contributed by atoms with Gasteiger partial charge in [-0.1, -0.05) is 0 Å². The molecule has 0 saturated heterocycles. The zero-order valence-corrected chi connectivity index (χ0v) is 11.4. The number of nitrogens with zero attached hydrogens (tertiary/aromatic N) is 1. The van der Waals surface area contributed by atoms with Gasteiger partial charge in [0, 0.05) is 24.9 Å². The van der Waals surface area contributed by atoms with Gasteiger partial charge in [0.25, 0.3) is 0 Å². The topological polar surface area (TPSA) is 76.2 Å². The van der Waals surface area contributed by atoms with Crippen molar-refractivity contribution < 1.29 is 14.3 Å². The van der Waals surface area contributed by atoms with Crippen LogP contribution in [0.3, 0.4) is 0 Å². The number of hydrogen-bond acceptors (Lipinski definition) is 5. The lowest BCUT2D eigenvalue weighted by Gasteiger charge is -2.17. The molecule has 1 unspecified atom stereocenters. The fraction of sp³-hybridized carbons (Fsp3) is 0.667. The molecule has 0 fully saturated rings. The number of ether oxygens (including phenoxy) is 2. The standard InChI is InChI=1S/C12H21N3O3/c1-5-18-12(16)11(13-6-7-17-4)10-8(2)14-15-9(10)3/h11,13H,5-7H2,1-4H3,(H,14,15). The number of carbonyl (C=O) groups is 1. The van der Waals surface area contributed by atoms with Gasteiger partial charge in [0.2, 0.25) is 0 Å². The molecule has 18 heavy (non-hydrogen) atoms. The minimum atomic E-state index is -0.501. The molecule has 0 bridgehead atoms. The molecule has 0 aliphatic carbocycles. The minimum absolute atomic E-state index is 0.291. The Hall–Kier alpha value is -1.40. The first-order chi connectivity index (χ1) is 8.61. The summed E-state index contributed by atoms with van der Waals surface area (Å²) in [5.41, 5.74) is 2.52. The van der Waals surface area contributed by atoms with Crippen molar-refractivity contribution in [3.8, 4) is 0 Å². The highest BCUT2D eigenvalue weighted by Gasteiger charge is 2.26. The van der Waals surface area contributed by atoms with E-state index in [-0.39, 0.29) is 5.97 Å². The summed E-state index contributed by atoms with van der Waals surface area (Å²) in [6.45, 7) is 7.01. The quantitative estimate of drug-likeness (QED) is 0.558. The second-order valence-electron chi connectivity index (χ2n) is 3.98. The van der Waals surface area contributed by atoms with Crippen molar-refractivity contribution in [3.63, 3.8) is 0 Å². The van der Waals surface area contributed by atoms with Gasteiger partial charge in [-0.15, -0.1) is 0 Å². The Balaban J connectivity index is 2.86. The molecule has 6 heteroatoms. The summed E-state index contributed by atoms with van der Waals surface area (Å²) in [5, 5.41) is 10.1. The largest absolute Gasteiger partial charge is 0.465 e. The maximum atomic E-state index is 12.0. The monoisotopic (exact) mass is 255 g/mol. The van der Waals surface area contributed by atoms with Crippen LogP contribution < -0.4 is 5.32 Å². The number of nitrogens with one attached hydrogen (secondary N) is 2. The molecule has 0 radical (unpaired) electrons. The smallest absolute Gasteiger partial charge is 0.327 e. The SMILES string of the molecule is CCOC(=O)C(NCCOC)c1c(C)n[nH]c1C. The van der Waals surface area contributed by atoms with Crippen LogP contribution in [0.4, 0.5) is 0 Å². The summed E-state index contributed by atoms with van der Waals surface area (Å²) in [5.74, 6) is -0.291. The van der Waals surface area contributed by atoms with Gasteiger partial charge in [-0.2, -0.15) is 5.10 Å². The van der Waals surface area contributed by atoms with Gasteiger partial charge >= 0.3 is 5.97 Å². The van der Waals surface area contributed by atoms with Crippen molar-refractivity contribution in [2.24, 2.45) is 0 Å². The van der Waals surface area contributed by atoms with Gasteiger partial charge < -0.3 is 9.47 Å². The van der Waals surface area contributed by atoms with Crippen LogP contribution in [0.1, 0.15) is 29.9 Å². The fourth-order valence-corrected chi connectivity index (χ4v) is 1.82. The van der Waals surface area contributed by atoms with Crippen LogP contribution in [0.5, 0.6) is 0 Å². The predicted octanol–water partition coefficient (Wildman–Crippen LogP) is 0.867. The molecular weight excluding hydrogens is 234 g/mol. The van der Waals surface area contributed by atoms with Crippen LogP contribution in [-0.2, 0) is 14.3 Å². The predicted molar refractivity (Wildman–Crippen MR) is 67.3 cm³/mol. The Kier molecular flexibility index (Phi) is 5.80. The van der Waals surface area contributed by atoms with E-state index in [0.717, 1.165) is 17.0 Å². The molecule has 0 saturated carbocycles. The van der Waals surface area contributed by atoms with E-state index in [2.05, 4.69) is 15.5 Å². The van der Waals surface area contributed by atoms with Gasteiger partial charge in [0.15, 0.2) is 0 Å². The fourth-order valence-electron chi connectivity index (χ4n) is 1.82. The summed E-state index contributed by atoms with van der Waals surface area (Å²) in [6.07, 6.45) is 0. The van der Waals surface area contributed by atoms with Gasteiger partial charge in [0.05, 0.1) is 18.9 Å². The van der Waals surface area contributed by atoms with Gasteiger partial charge in [-0.05, 0) is 20.8 Å². The molecule has 6 nitrogen and oxygen atoms in total. The van der Waals surface area contributed by atoms with E-state index >= 15 is 0 Å². The van der Waals surface area contributed by atoms with Crippen molar-refractivity contribution in [2.75, 3.05) is 26.9 Å². The average molecular weight is 255 g/mol. The van der Waals surface area contributed by atoms with E-state index < -0.39 is 6.04 Å². The zero-order valence-electron chi connectivity index (χ0n) is 11.4. The number of aromatic nitrogens is 2. The number of hydrogen-bond donors (Lipinski definition) is 2. The maximum Gasteiger partial charge on any atom is 0.327 e. The normalized spacial score (nSPS) is 12.4. The maximum absolute atomic E-state index is 12.0. The summed E-state index contributed by atoms with van der Waals surface area (Å²) in [6, 6.07) is -0.501. The number of methoxy groups -OCH3 is 1. The lowest BCUT2D eigenvalue weighted by atomic mass is 10.1. The van der Waals surface area contributed by atoms with Crippen molar-refractivity contribution in [3.05, 3.63) is 17.0 Å². The Labute approximate surface area is 107 Å². The van der Waals surface area contributed by atoms with E-state index in [1.54, 1.807) is 14.0 Å². The average Bonchev–Trinajstić information content (AvgIpc) is 2.66. The van der Waals surface area contributed by atoms with E-state index in [9.17, 15) is 4.79 Å². The molecule has 0 aliphatic heterocycles. The molecule has 0 spiro atoms. The second-order valence-corrected chi connectivity index (χ2v) is 3.98. The lowest BCUT2D eigenvalue weighted by molar-refractivity contribution is -0.145. The molecule has 0 aliphatic rings. The van der Waals surface area contributed by atoms with E-state index in [0.29, 0.717) is 19.8 Å². The summed E-state index contributed by atoms with van der Waals surface area (Å²) in [4.78, 5) is 12.0. The van der Waals surface area contributed by atoms with Gasteiger partial charge in [-0.25, -0.2) is 4.79 Å². The number of carbonyl (C=O) groups excluding carboxylic acids is 1. The van der Waals surface area contributed by atoms with Crippen LogP contribution in [0, 0.1) is 13.8 Å². The van der Waals surface area contributed by atoms with E-state index in [4.69, 9.17) is 9.47 Å². The minimum Gasteiger partial charge on any atom is -0.465 e. The van der Waals surface area contributed by atoms with E-state index in [1.165, 1.54) is 0 Å². The summed E-state index contributed by atoms with van der Waals surface area (Å²) >= 11 is 0. The number of esters is 1. The molecule has 2 N–H and O–H groups in total. The van der Waals surface area contributed by atoms with E-state index in [1.807, 2.05) is 13.8 Å². The second kappa shape index (κ2) is 7.13. The Morgan fingerprint density at radius 2 is 2.22 bits per heavy atom. The Morgan fingerprint density at radius 3 is 2.72 bits per heavy atom. The number of aromatic amines is 1. The lowest BCUT2D eigenvalue weighted by Crippen LogP contribution is -2.33. The first-order valence-electron chi connectivity index (χ1n) is 6.02. The van der Waals surface area contributed by atoms with Crippen molar-refractivity contribution >= 4 is 5.97 Å². The third-order valence-electron chi connectivity index (χ3n) is 2.65. The molecule has 102 valence electrons. The first kappa shape index (κ1) is 14.7. The van der Waals surface area contributed by atoms with Crippen LogP contribution in [-0.4, -0.2) is 43.0 Å². The molecule has 0 aromatic carbocycles. The van der Waals surface area contributed by atoms with Crippen molar-refractivity contribution in [2.45, 2.75) is 26.8 Å². The van der Waals surface area contributed by atoms with Crippen LogP contribution in [0.25, 0.3) is 0 Å². The third-order valence-corrected chi connectivity index (χ3v) is 2.65. The highest BCUT2D eigenvalue weighted by molar-refractivity contribution is 5.78. The molecule has 1 rings (SSSR count). The highest BCUT2D eigenvalue weighted by Crippen LogP contribution is 2.20. The summed E-state index contributed by atoms with van der Waals surface area (Å²) in [7, 11) is 1.62. The molecular formula is C12H21N3O3. The van der Waals surface area contributed by atoms with Gasteiger partial charge in [-0.3, -0.25) is 10.4 Å². The van der Waals surface area contributed by atoms with Crippen LogP contribution in [0.2, 0.25) is 0 Å². The molecule has 1 heterocycles. The number of H-pyrrole nitrogens is 1. The molecule has 1 aromatic rings.